The van der Waals surface area contributed by atoms with E-state index in [2.05, 4.69) is 40.4 Å². The summed E-state index contributed by atoms with van der Waals surface area (Å²) in [7, 11) is 1.93. The van der Waals surface area contributed by atoms with Crippen molar-refractivity contribution in [1.29, 1.82) is 0 Å². The van der Waals surface area contributed by atoms with Crippen LogP contribution in [0.4, 0.5) is 5.69 Å². The van der Waals surface area contributed by atoms with Crippen molar-refractivity contribution >= 4 is 11.5 Å². The standard InChI is InChI=1S/C15H16N4/c1-10-7-17-15-18-14(9-19(15)8-10)12-5-4-11(2)13(6-12)16-3/h4-9,16H,1-3H3. The second-order valence-electron chi connectivity index (χ2n) is 4.74. The van der Waals surface area contributed by atoms with Gasteiger partial charge in [-0.1, -0.05) is 12.1 Å². The van der Waals surface area contributed by atoms with Crippen molar-refractivity contribution in [3.05, 3.63) is 47.9 Å². The highest BCUT2D eigenvalue weighted by molar-refractivity contribution is 5.68. The van der Waals surface area contributed by atoms with Crippen molar-refractivity contribution in [2.24, 2.45) is 0 Å². The summed E-state index contributed by atoms with van der Waals surface area (Å²) in [4.78, 5) is 8.88. The van der Waals surface area contributed by atoms with Crippen LogP contribution in [0.3, 0.4) is 0 Å². The molecule has 4 nitrogen and oxygen atoms in total. The minimum absolute atomic E-state index is 0.729. The van der Waals surface area contributed by atoms with Crippen LogP contribution in [-0.2, 0) is 0 Å². The Hall–Kier alpha value is -2.36. The maximum absolute atomic E-state index is 4.55. The summed E-state index contributed by atoms with van der Waals surface area (Å²) >= 11 is 0. The minimum Gasteiger partial charge on any atom is -0.388 e. The third-order valence-electron chi connectivity index (χ3n) is 3.24. The van der Waals surface area contributed by atoms with Gasteiger partial charge in [0.15, 0.2) is 0 Å². The first-order chi connectivity index (χ1) is 9.17. The molecule has 0 atom stereocenters. The lowest BCUT2D eigenvalue weighted by Gasteiger charge is -2.06. The second-order valence-corrected chi connectivity index (χ2v) is 4.74. The van der Waals surface area contributed by atoms with E-state index in [1.807, 2.05) is 37.0 Å². The van der Waals surface area contributed by atoms with E-state index in [0.29, 0.717) is 0 Å². The van der Waals surface area contributed by atoms with Crippen LogP contribution in [0.15, 0.2) is 36.8 Å². The predicted octanol–water partition coefficient (Wildman–Crippen LogP) is 3.05. The molecule has 0 amide bonds. The van der Waals surface area contributed by atoms with Gasteiger partial charge in [0.25, 0.3) is 0 Å². The summed E-state index contributed by atoms with van der Waals surface area (Å²) in [6.45, 7) is 4.11. The summed E-state index contributed by atoms with van der Waals surface area (Å²) in [5.41, 5.74) is 5.51. The van der Waals surface area contributed by atoms with Crippen LogP contribution in [-0.4, -0.2) is 21.4 Å². The SMILES string of the molecule is CNc1cc(-c2cn3cc(C)cnc3n2)ccc1C. The van der Waals surface area contributed by atoms with E-state index in [4.69, 9.17) is 0 Å². The van der Waals surface area contributed by atoms with E-state index in [1.165, 1.54) is 5.56 Å². The Bertz CT molecular complexity index is 743. The molecular weight excluding hydrogens is 236 g/mol. The van der Waals surface area contributed by atoms with E-state index in [1.54, 1.807) is 0 Å². The van der Waals surface area contributed by atoms with Gasteiger partial charge in [-0.3, -0.25) is 4.40 Å². The number of nitrogens with one attached hydrogen (secondary N) is 1. The van der Waals surface area contributed by atoms with Gasteiger partial charge in [0.05, 0.1) is 5.69 Å². The summed E-state index contributed by atoms with van der Waals surface area (Å²) in [6.07, 6.45) is 5.88. The molecule has 0 bridgehead atoms. The Morgan fingerprint density at radius 3 is 2.79 bits per heavy atom. The quantitative estimate of drug-likeness (QED) is 0.762. The number of imidazole rings is 1. The zero-order chi connectivity index (χ0) is 13.4. The average Bonchev–Trinajstić information content (AvgIpc) is 2.82. The van der Waals surface area contributed by atoms with Crippen LogP contribution in [0.5, 0.6) is 0 Å². The molecule has 0 fully saturated rings. The molecule has 2 aromatic heterocycles. The molecule has 0 spiro atoms. The fourth-order valence-corrected chi connectivity index (χ4v) is 2.18. The summed E-state index contributed by atoms with van der Waals surface area (Å²) in [6, 6.07) is 6.30. The predicted molar refractivity (Wildman–Crippen MR) is 77.4 cm³/mol. The minimum atomic E-state index is 0.729. The van der Waals surface area contributed by atoms with Gasteiger partial charge in [0, 0.05) is 36.9 Å². The average molecular weight is 252 g/mol. The molecule has 0 saturated carbocycles. The second kappa shape index (κ2) is 4.39. The van der Waals surface area contributed by atoms with Gasteiger partial charge >= 0.3 is 0 Å². The molecule has 96 valence electrons. The van der Waals surface area contributed by atoms with Gasteiger partial charge in [-0.15, -0.1) is 0 Å². The highest BCUT2D eigenvalue weighted by Gasteiger charge is 2.07. The smallest absolute Gasteiger partial charge is 0.234 e. The van der Waals surface area contributed by atoms with Gasteiger partial charge in [-0.25, -0.2) is 9.97 Å². The maximum atomic E-state index is 4.55. The number of fused-ring (bicyclic) bond motifs is 1. The first-order valence-corrected chi connectivity index (χ1v) is 6.27. The number of nitrogens with zero attached hydrogens (tertiary/aromatic N) is 3. The number of aryl methyl sites for hydroxylation is 2. The highest BCUT2D eigenvalue weighted by atomic mass is 15.1. The lowest BCUT2D eigenvalue weighted by molar-refractivity contribution is 1.08. The molecule has 0 aliphatic rings. The van der Waals surface area contributed by atoms with E-state index in [9.17, 15) is 0 Å². The number of anilines is 1. The Balaban J connectivity index is 2.13. The van der Waals surface area contributed by atoms with Crippen LogP contribution < -0.4 is 5.32 Å². The van der Waals surface area contributed by atoms with Crippen molar-refractivity contribution in [3.63, 3.8) is 0 Å². The van der Waals surface area contributed by atoms with Crippen LogP contribution in [0, 0.1) is 13.8 Å². The third kappa shape index (κ3) is 2.05. The van der Waals surface area contributed by atoms with Crippen molar-refractivity contribution in [1.82, 2.24) is 14.4 Å². The Morgan fingerprint density at radius 1 is 1.16 bits per heavy atom. The first kappa shape index (κ1) is 11.7. The number of rotatable bonds is 2. The molecule has 0 aliphatic carbocycles. The van der Waals surface area contributed by atoms with Crippen LogP contribution in [0.25, 0.3) is 17.0 Å². The summed E-state index contributed by atoms with van der Waals surface area (Å²) in [5, 5.41) is 3.20. The van der Waals surface area contributed by atoms with E-state index in [0.717, 1.165) is 28.3 Å². The van der Waals surface area contributed by atoms with Crippen molar-refractivity contribution in [2.45, 2.75) is 13.8 Å². The molecule has 0 unspecified atom stereocenters. The zero-order valence-electron chi connectivity index (χ0n) is 11.3. The van der Waals surface area contributed by atoms with Gasteiger partial charge in [-0.05, 0) is 31.0 Å². The van der Waals surface area contributed by atoms with Gasteiger partial charge < -0.3 is 5.32 Å². The highest BCUT2D eigenvalue weighted by Crippen LogP contribution is 2.24. The number of hydrogen-bond acceptors (Lipinski definition) is 3. The fourth-order valence-electron chi connectivity index (χ4n) is 2.18. The monoisotopic (exact) mass is 252 g/mol. The van der Waals surface area contributed by atoms with Gasteiger partial charge in [-0.2, -0.15) is 0 Å². The fraction of sp³-hybridized carbons (Fsp3) is 0.200. The molecule has 3 rings (SSSR count). The summed E-state index contributed by atoms with van der Waals surface area (Å²) < 4.78 is 1.96. The van der Waals surface area contributed by atoms with Gasteiger partial charge in [0.1, 0.15) is 0 Å². The topological polar surface area (TPSA) is 42.2 Å². The van der Waals surface area contributed by atoms with E-state index >= 15 is 0 Å². The first-order valence-electron chi connectivity index (χ1n) is 6.27. The molecule has 19 heavy (non-hydrogen) atoms. The van der Waals surface area contributed by atoms with E-state index in [-0.39, 0.29) is 0 Å². The summed E-state index contributed by atoms with van der Waals surface area (Å²) in [5.74, 6) is 0.729. The molecule has 3 aromatic rings. The van der Waals surface area contributed by atoms with Crippen LogP contribution >= 0.6 is 0 Å². The molecule has 0 saturated heterocycles. The normalized spacial score (nSPS) is 10.9. The molecule has 1 aromatic carbocycles. The van der Waals surface area contributed by atoms with Crippen molar-refractivity contribution in [2.75, 3.05) is 12.4 Å². The molecule has 2 heterocycles. The lowest BCUT2D eigenvalue weighted by atomic mass is 10.1. The molecule has 4 heteroatoms. The molecule has 1 N–H and O–H groups in total. The lowest BCUT2D eigenvalue weighted by Crippen LogP contribution is -1.92. The van der Waals surface area contributed by atoms with Crippen LogP contribution in [0.2, 0.25) is 0 Å². The Kier molecular flexibility index (Phi) is 2.71. The van der Waals surface area contributed by atoms with Crippen molar-refractivity contribution in [3.8, 4) is 11.3 Å². The van der Waals surface area contributed by atoms with Crippen molar-refractivity contribution < 1.29 is 0 Å². The largest absolute Gasteiger partial charge is 0.388 e. The number of benzene rings is 1. The molecule has 0 radical (unpaired) electrons. The molecular formula is C15H16N4. The number of hydrogen-bond donors (Lipinski definition) is 1. The van der Waals surface area contributed by atoms with Crippen LogP contribution in [0.1, 0.15) is 11.1 Å². The number of aromatic nitrogens is 3. The maximum Gasteiger partial charge on any atom is 0.234 e. The third-order valence-corrected chi connectivity index (χ3v) is 3.24. The zero-order valence-corrected chi connectivity index (χ0v) is 11.3. The Morgan fingerprint density at radius 2 is 2.00 bits per heavy atom. The van der Waals surface area contributed by atoms with E-state index < -0.39 is 0 Å². The molecule has 0 aliphatic heterocycles. The van der Waals surface area contributed by atoms with Gasteiger partial charge in [0.2, 0.25) is 5.78 Å². The Labute approximate surface area is 112 Å².